The van der Waals surface area contributed by atoms with Crippen molar-refractivity contribution in [2.45, 2.75) is 26.3 Å². The minimum absolute atomic E-state index is 0.0311. The van der Waals surface area contributed by atoms with E-state index in [1.165, 1.54) is 6.07 Å². The monoisotopic (exact) mass is 327 g/mol. The van der Waals surface area contributed by atoms with Gasteiger partial charge in [0.15, 0.2) is 0 Å². The molecule has 0 atom stereocenters. The third kappa shape index (κ3) is 3.91. The van der Waals surface area contributed by atoms with Gasteiger partial charge in [-0.2, -0.15) is 0 Å². The predicted molar refractivity (Wildman–Crippen MR) is 92.3 cm³/mol. The third-order valence-electron chi connectivity index (χ3n) is 4.49. The van der Waals surface area contributed by atoms with E-state index in [1.807, 2.05) is 4.90 Å². The van der Waals surface area contributed by atoms with Gasteiger partial charge in [0.25, 0.3) is 5.91 Å². The van der Waals surface area contributed by atoms with Crippen LogP contribution in [0.5, 0.6) is 0 Å². The van der Waals surface area contributed by atoms with E-state index >= 15 is 0 Å². The quantitative estimate of drug-likeness (QED) is 0.931. The SMILES string of the molecule is CC1CCN(C(=O)c2cc(NCc3ccccc3F)ccn2)CC1. The molecule has 24 heavy (non-hydrogen) atoms. The van der Waals surface area contributed by atoms with E-state index in [-0.39, 0.29) is 11.7 Å². The van der Waals surface area contributed by atoms with Crippen LogP contribution in [0.2, 0.25) is 0 Å². The summed E-state index contributed by atoms with van der Waals surface area (Å²) in [6.45, 7) is 4.15. The van der Waals surface area contributed by atoms with Crippen molar-refractivity contribution >= 4 is 11.6 Å². The molecule has 2 heterocycles. The number of likely N-dealkylation sites (tertiary alicyclic amines) is 1. The second-order valence-corrected chi connectivity index (χ2v) is 6.35. The lowest BCUT2D eigenvalue weighted by atomic mass is 9.99. The Morgan fingerprint density at radius 2 is 2.04 bits per heavy atom. The molecule has 0 unspecified atom stereocenters. The zero-order valence-corrected chi connectivity index (χ0v) is 13.8. The average molecular weight is 327 g/mol. The molecule has 1 saturated heterocycles. The van der Waals surface area contributed by atoms with Crippen LogP contribution in [0, 0.1) is 11.7 Å². The molecule has 0 aliphatic carbocycles. The Labute approximate surface area is 141 Å². The van der Waals surface area contributed by atoms with Crippen molar-refractivity contribution in [2.75, 3.05) is 18.4 Å². The average Bonchev–Trinajstić information content (AvgIpc) is 2.61. The Morgan fingerprint density at radius 1 is 1.29 bits per heavy atom. The molecule has 1 aliphatic heterocycles. The van der Waals surface area contributed by atoms with E-state index in [2.05, 4.69) is 17.2 Å². The van der Waals surface area contributed by atoms with Crippen molar-refractivity contribution in [3.8, 4) is 0 Å². The van der Waals surface area contributed by atoms with Crippen LogP contribution in [0.25, 0.3) is 0 Å². The van der Waals surface area contributed by atoms with E-state index in [0.29, 0.717) is 23.7 Å². The maximum Gasteiger partial charge on any atom is 0.272 e. The molecule has 126 valence electrons. The number of piperidine rings is 1. The lowest BCUT2D eigenvalue weighted by molar-refractivity contribution is 0.0691. The van der Waals surface area contributed by atoms with Gasteiger partial charge in [0.05, 0.1) is 0 Å². The Morgan fingerprint density at radius 3 is 2.79 bits per heavy atom. The number of anilines is 1. The van der Waals surface area contributed by atoms with Crippen LogP contribution in [-0.4, -0.2) is 28.9 Å². The molecule has 1 fully saturated rings. The molecule has 4 nitrogen and oxygen atoms in total. The molecule has 0 spiro atoms. The first-order chi connectivity index (χ1) is 11.6. The number of rotatable bonds is 4. The second kappa shape index (κ2) is 7.43. The first-order valence-electron chi connectivity index (χ1n) is 8.36. The van der Waals surface area contributed by atoms with Gasteiger partial charge in [-0.1, -0.05) is 25.1 Å². The first kappa shape index (κ1) is 16.4. The standard InChI is InChI=1S/C19H22FN3O/c1-14-7-10-23(11-8-14)19(24)18-12-16(6-9-21-18)22-13-15-4-2-3-5-17(15)20/h2-6,9,12,14H,7-8,10-11,13H2,1H3,(H,21,22). The fourth-order valence-electron chi connectivity index (χ4n) is 2.87. The minimum atomic E-state index is -0.238. The fraction of sp³-hybridized carbons (Fsp3) is 0.368. The summed E-state index contributed by atoms with van der Waals surface area (Å²) in [5.74, 6) is 0.407. The molecule has 1 amide bonds. The molecule has 1 aliphatic rings. The largest absolute Gasteiger partial charge is 0.381 e. The van der Waals surface area contributed by atoms with Gasteiger partial charge in [0.2, 0.25) is 0 Å². The first-order valence-corrected chi connectivity index (χ1v) is 8.36. The number of amides is 1. The third-order valence-corrected chi connectivity index (χ3v) is 4.49. The zero-order chi connectivity index (χ0) is 16.9. The summed E-state index contributed by atoms with van der Waals surface area (Å²) in [4.78, 5) is 18.6. The number of hydrogen-bond acceptors (Lipinski definition) is 3. The zero-order valence-electron chi connectivity index (χ0n) is 13.8. The lowest BCUT2D eigenvalue weighted by Crippen LogP contribution is -2.38. The van der Waals surface area contributed by atoms with Crippen molar-refractivity contribution < 1.29 is 9.18 Å². The molecule has 1 N–H and O–H groups in total. The summed E-state index contributed by atoms with van der Waals surface area (Å²) in [5.41, 5.74) is 1.79. The normalized spacial score (nSPS) is 15.3. The molecular weight excluding hydrogens is 305 g/mol. The van der Waals surface area contributed by atoms with Gasteiger partial charge in [-0.3, -0.25) is 9.78 Å². The Hall–Kier alpha value is -2.43. The lowest BCUT2D eigenvalue weighted by Gasteiger charge is -2.30. The number of pyridine rings is 1. The van der Waals surface area contributed by atoms with Gasteiger partial charge in [0, 0.05) is 37.1 Å². The van der Waals surface area contributed by atoms with Gasteiger partial charge in [-0.15, -0.1) is 0 Å². The number of hydrogen-bond donors (Lipinski definition) is 1. The highest BCUT2D eigenvalue weighted by Crippen LogP contribution is 2.19. The highest BCUT2D eigenvalue weighted by atomic mass is 19.1. The smallest absolute Gasteiger partial charge is 0.272 e. The molecule has 3 rings (SSSR count). The van der Waals surface area contributed by atoms with Gasteiger partial charge in [-0.25, -0.2) is 4.39 Å². The van der Waals surface area contributed by atoms with Crippen LogP contribution in [0.1, 0.15) is 35.8 Å². The summed E-state index contributed by atoms with van der Waals surface area (Å²) in [5, 5.41) is 3.16. The van der Waals surface area contributed by atoms with E-state index in [9.17, 15) is 9.18 Å². The molecule has 0 saturated carbocycles. The molecule has 0 radical (unpaired) electrons. The molecule has 5 heteroatoms. The molecule has 1 aromatic carbocycles. The summed E-state index contributed by atoms with van der Waals surface area (Å²) in [6, 6.07) is 10.2. The van der Waals surface area contributed by atoms with E-state index in [1.54, 1.807) is 36.5 Å². The Bertz CT molecular complexity index is 711. The van der Waals surface area contributed by atoms with Gasteiger partial charge < -0.3 is 10.2 Å². The molecule has 2 aromatic rings. The fourth-order valence-corrected chi connectivity index (χ4v) is 2.87. The van der Waals surface area contributed by atoms with Gasteiger partial charge in [0.1, 0.15) is 11.5 Å². The highest BCUT2D eigenvalue weighted by Gasteiger charge is 2.22. The second-order valence-electron chi connectivity index (χ2n) is 6.35. The van der Waals surface area contributed by atoms with Crippen LogP contribution in [0.4, 0.5) is 10.1 Å². The summed E-state index contributed by atoms with van der Waals surface area (Å²) in [6.07, 6.45) is 3.69. The number of benzene rings is 1. The summed E-state index contributed by atoms with van der Waals surface area (Å²) >= 11 is 0. The van der Waals surface area contributed by atoms with E-state index < -0.39 is 0 Å². The maximum atomic E-state index is 13.7. The minimum Gasteiger partial charge on any atom is -0.381 e. The topological polar surface area (TPSA) is 45.2 Å². The Balaban J connectivity index is 1.65. The van der Waals surface area contributed by atoms with Crippen LogP contribution >= 0.6 is 0 Å². The Kier molecular flexibility index (Phi) is 5.08. The van der Waals surface area contributed by atoms with Gasteiger partial charge >= 0.3 is 0 Å². The van der Waals surface area contributed by atoms with Crippen molar-refractivity contribution in [3.05, 3.63) is 59.7 Å². The summed E-state index contributed by atoms with van der Waals surface area (Å²) < 4.78 is 13.7. The highest BCUT2D eigenvalue weighted by molar-refractivity contribution is 5.93. The number of nitrogens with zero attached hydrogens (tertiary/aromatic N) is 2. The van der Waals surface area contributed by atoms with Gasteiger partial charge in [-0.05, 0) is 37.0 Å². The van der Waals surface area contributed by atoms with E-state index in [0.717, 1.165) is 31.6 Å². The van der Waals surface area contributed by atoms with Crippen molar-refractivity contribution in [2.24, 2.45) is 5.92 Å². The predicted octanol–water partition coefficient (Wildman–Crippen LogP) is 3.70. The van der Waals surface area contributed by atoms with Crippen LogP contribution in [0.15, 0.2) is 42.6 Å². The van der Waals surface area contributed by atoms with Crippen molar-refractivity contribution in [3.63, 3.8) is 0 Å². The molecule has 1 aromatic heterocycles. The van der Waals surface area contributed by atoms with Crippen molar-refractivity contribution in [1.29, 1.82) is 0 Å². The number of aromatic nitrogens is 1. The van der Waals surface area contributed by atoms with Crippen molar-refractivity contribution in [1.82, 2.24) is 9.88 Å². The maximum absolute atomic E-state index is 13.7. The van der Waals surface area contributed by atoms with Crippen LogP contribution < -0.4 is 5.32 Å². The number of carbonyl (C=O) groups excluding carboxylic acids is 1. The molecule has 0 bridgehead atoms. The number of nitrogens with one attached hydrogen (secondary N) is 1. The number of halogens is 1. The number of carbonyl (C=O) groups is 1. The molecular formula is C19H22FN3O. The van der Waals surface area contributed by atoms with Crippen LogP contribution in [-0.2, 0) is 6.54 Å². The van der Waals surface area contributed by atoms with E-state index in [4.69, 9.17) is 0 Å². The van der Waals surface area contributed by atoms with Crippen LogP contribution in [0.3, 0.4) is 0 Å². The summed E-state index contributed by atoms with van der Waals surface area (Å²) in [7, 11) is 0.